The Labute approximate surface area is 153 Å². The molecular formula is C19H15BrO5. The lowest BCUT2D eigenvalue weighted by molar-refractivity contribution is -0.163. The summed E-state index contributed by atoms with van der Waals surface area (Å²) < 4.78 is 11.7. The van der Waals surface area contributed by atoms with Crippen LogP contribution in [0.5, 0.6) is 5.75 Å². The zero-order valence-electron chi connectivity index (χ0n) is 13.4. The second-order valence-electron chi connectivity index (χ2n) is 5.40. The van der Waals surface area contributed by atoms with E-state index in [1.54, 1.807) is 49.4 Å². The van der Waals surface area contributed by atoms with Gasteiger partial charge in [0.05, 0.1) is 12.2 Å². The van der Waals surface area contributed by atoms with Gasteiger partial charge in [0.25, 0.3) is 0 Å². The Balaban J connectivity index is 2.26. The van der Waals surface area contributed by atoms with Crippen molar-refractivity contribution in [3.63, 3.8) is 0 Å². The highest BCUT2D eigenvalue weighted by molar-refractivity contribution is 9.10. The molecule has 0 unspecified atom stereocenters. The molecule has 0 aliphatic carbocycles. The minimum atomic E-state index is -2.23. The second-order valence-corrected chi connectivity index (χ2v) is 6.31. The van der Waals surface area contributed by atoms with Crippen molar-refractivity contribution in [1.82, 2.24) is 0 Å². The monoisotopic (exact) mass is 402 g/mol. The topological polar surface area (TPSA) is 72.8 Å². The number of carbonyl (C=O) groups excluding carboxylic acids is 2. The summed E-state index contributed by atoms with van der Waals surface area (Å²) in [4.78, 5) is 24.4. The van der Waals surface area contributed by atoms with Gasteiger partial charge in [0.1, 0.15) is 11.5 Å². The Morgan fingerprint density at radius 1 is 1.24 bits per heavy atom. The molecule has 0 bridgehead atoms. The van der Waals surface area contributed by atoms with Crippen molar-refractivity contribution in [3.8, 4) is 5.75 Å². The molecule has 1 N–H and O–H groups in total. The quantitative estimate of drug-likeness (QED) is 0.627. The highest BCUT2D eigenvalue weighted by Crippen LogP contribution is 2.45. The maximum Gasteiger partial charge on any atom is 0.348 e. The standard InChI is InChI=1S/C19H15BrO5/c1-2-24-18(22)19(23)14-5-3-4-6-16(14)25-17(15(19)11-21)12-7-9-13(20)10-8-12/h3-11,23H,2H2,1H3/t19-/m1/s1. The van der Waals surface area contributed by atoms with Crippen LogP contribution >= 0.6 is 15.9 Å². The van der Waals surface area contributed by atoms with E-state index in [4.69, 9.17) is 9.47 Å². The Kier molecular flexibility index (Phi) is 4.74. The Morgan fingerprint density at radius 3 is 2.56 bits per heavy atom. The van der Waals surface area contributed by atoms with Gasteiger partial charge >= 0.3 is 5.97 Å². The van der Waals surface area contributed by atoms with Gasteiger partial charge in [0.2, 0.25) is 5.60 Å². The van der Waals surface area contributed by atoms with E-state index >= 15 is 0 Å². The van der Waals surface area contributed by atoms with Gasteiger partial charge in [-0.2, -0.15) is 0 Å². The number of halogens is 1. The van der Waals surface area contributed by atoms with Crippen molar-refractivity contribution in [2.75, 3.05) is 6.61 Å². The second kappa shape index (κ2) is 6.82. The molecule has 0 radical (unpaired) electrons. The number of aldehydes is 1. The van der Waals surface area contributed by atoms with Crippen LogP contribution in [-0.2, 0) is 19.9 Å². The first-order chi connectivity index (χ1) is 12.0. The predicted octanol–water partition coefficient (Wildman–Crippen LogP) is 3.20. The van der Waals surface area contributed by atoms with Gasteiger partial charge < -0.3 is 14.6 Å². The fourth-order valence-corrected chi connectivity index (χ4v) is 3.00. The number of hydrogen-bond acceptors (Lipinski definition) is 5. The average Bonchev–Trinajstić information content (AvgIpc) is 2.62. The molecule has 0 spiro atoms. The summed E-state index contributed by atoms with van der Waals surface area (Å²) in [6.45, 7) is 1.70. The number of rotatable bonds is 4. The highest BCUT2D eigenvalue weighted by Gasteiger charge is 2.50. The third-order valence-electron chi connectivity index (χ3n) is 3.92. The van der Waals surface area contributed by atoms with E-state index < -0.39 is 11.6 Å². The molecule has 2 aromatic rings. The number of hydrogen-bond donors (Lipinski definition) is 1. The number of esters is 1. The van der Waals surface area contributed by atoms with E-state index in [0.717, 1.165) is 4.47 Å². The van der Waals surface area contributed by atoms with Gasteiger partial charge in [0, 0.05) is 15.6 Å². The fourth-order valence-electron chi connectivity index (χ4n) is 2.74. The zero-order valence-corrected chi connectivity index (χ0v) is 14.9. The fraction of sp³-hybridized carbons (Fsp3) is 0.158. The van der Waals surface area contributed by atoms with Gasteiger partial charge in [-0.3, -0.25) is 4.79 Å². The summed E-state index contributed by atoms with van der Waals surface area (Å²) >= 11 is 3.34. The summed E-state index contributed by atoms with van der Waals surface area (Å²) in [5, 5.41) is 11.2. The normalized spacial score (nSPS) is 19.0. The largest absolute Gasteiger partial charge is 0.463 e. The molecule has 2 aromatic carbocycles. The molecule has 1 heterocycles. The van der Waals surface area contributed by atoms with E-state index in [-0.39, 0.29) is 23.5 Å². The molecule has 128 valence electrons. The number of ether oxygens (including phenoxy) is 2. The molecular weight excluding hydrogens is 388 g/mol. The van der Waals surface area contributed by atoms with Crippen LogP contribution in [-0.4, -0.2) is 24.0 Å². The molecule has 0 saturated heterocycles. The van der Waals surface area contributed by atoms with E-state index in [1.807, 2.05) is 0 Å². The van der Waals surface area contributed by atoms with Crippen molar-refractivity contribution in [1.29, 1.82) is 0 Å². The van der Waals surface area contributed by atoms with Crippen LogP contribution in [0.3, 0.4) is 0 Å². The van der Waals surface area contributed by atoms with Crippen LogP contribution in [0.4, 0.5) is 0 Å². The Morgan fingerprint density at radius 2 is 1.92 bits per heavy atom. The summed E-state index contributed by atoms with van der Waals surface area (Å²) in [7, 11) is 0. The van der Waals surface area contributed by atoms with E-state index in [1.165, 1.54) is 6.07 Å². The zero-order chi connectivity index (χ0) is 18.0. The van der Waals surface area contributed by atoms with E-state index in [0.29, 0.717) is 17.6 Å². The van der Waals surface area contributed by atoms with Crippen molar-refractivity contribution in [2.45, 2.75) is 12.5 Å². The van der Waals surface area contributed by atoms with Crippen LogP contribution < -0.4 is 4.74 Å². The van der Waals surface area contributed by atoms with Gasteiger partial charge in [-0.15, -0.1) is 0 Å². The van der Waals surface area contributed by atoms with Crippen LogP contribution in [0.15, 0.2) is 58.6 Å². The smallest absolute Gasteiger partial charge is 0.348 e. The van der Waals surface area contributed by atoms with Gasteiger partial charge in [-0.25, -0.2) is 4.79 Å². The van der Waals surface area contributed by atoms with Crippen LogP contribution in [0.2, 0.25) is 0 Å². The maximum absolute atomic E-state index is 12.6. The number of benzene rings is 2. The van der Waals surface area contributed by atoms with E-state index in [2.05, 4.69) is 15.9 Å². The van der Waals surface area contributed by atoms with Crippen molar-refractivity contribution in [2.24, 2.45) is 0 Å². The number of fused-ring (bicyclic) bond motifs is 1. The molecule has 0 saturated carbocycles. The Bertz CT molecular complexity index is 856. The molecule has 0 amide bonds. The Hall–Kier alpha value is -2.44. The van der Waals surface area contributed by atoms with Crippen molar-refractivity contribution >= 4 is 33.9 Å². The van der Waals surface area contributed by atoms with Gasteiger partial charge in [-0.05, 0) is 25.1 Å². The summed E-state index contributed by atoms with van der Waals surface area (Å²) in [6, 6.07) is 13.5. The lowest BCUT2D eigenvalue weighted by Crippen LogP contribution is -2.43. The lowest BCUT2D eigenvalue weighted by atomic mass is 9.82. The molecule has 1 aliphatic heterocycles. The van der Waals surface area contributed by atoms with Crippen LogP contribution in [0.25, 0.3) is 5.76 Å². The molecule has 25 heavy (non-hydrogen) atoms. The number of aliphatic hydroxyl groups is 1. The maximum atomic E-state index is 12.6. The summed E-state index contributed by atoms with van der Waals surface area (Å²) in [5.41, 5.74) is -1.68. The first-order valence-corrected chi connectivity index (χ1v) is 8.44. The van der Waals surface area contributed by atoms with Crippen LogP contribution in [0.1, 0.15) is 18.1 Å². The minimum absolute atomic E-state index is 0.0733. The minimum Gasteiger partial charge on any atom is -0.463 e. The molecule has 1 atom stereocenters. The molecule has 6 heteroatoms. The van der Waals surface area contributed by atoms with E-state index in [9.17, 15) is 14.7 Å². The van der Waals surface area contributed by atoms with Gasteiger partial charge in [0.15, 0.2) is 6.29 Å². The van der Waals surface area contributed by atoms with Crippen LogP contribution in [0, 0.1) is 0 Å². The lowest BCUT2D eigenvalue weighted by Gasteiger charge is -2.33. The molecule has 0 fully saturated rings. The third kappa shape index (κ3) is 2.88. The first kappa shape index (κ1) is 17.4. The van der Waals surface area contributed by atoms with Crippen molar-refractivity contribution in [3.05, 3.63) is 69.7 Å². The first-order valence-electron chi connectivity index (χ1n) is 7.65. The SMILES string of the molecule is CCOC(=O)[C@]1(O)C(C=O)=C(c2ccc(Br)cc2)Oc2ccccc21. The third-order valence-corrected chi connectivity index (χ3v) is 4.45. The number of carbonyl (C=O) groups is 2. The van der Waals surface area contributed by atoms with Crippen molar-refractivity contribution < 1.29 is 24.2 Å². The van der Waals surface area contributed by atoms with Gasteiger partial charge in [-0.1, -0.05) is 46.3 Å². The summed E-state index contributed by atoms with van der Waals surface area (Å²) in [6.07, 6.45) is 0.435. The predicted molar refractivity (Wildman–Crippen MR) is 94.7 cm³/mol. The molecule has 3 rings (SSSR count). The summed E-state index contributed by atoms with van der Waals surface area (Å²) in [5.74, 6) is -0.499. The molecule has 0 aromatic heterocycles. The average molecular weight is 403 g/mol. The number of para-hydroxylation sites is 1. The highest BCUT2D eigenvalue weighted by atomic mass is 79.9. The molecule has 5 nitrogen and oxygen atoms in total. The molecule has 1 aliphatic rings.